The Morgan fingerprint density at radius 3 is 2.62 bits per heavy atom. The Kier molecular flexibility index (Phi) is 4.57. The van der Waals surface area contributed by atoms with Gasteiger partial charge in [-0.1, -0.05) is 12.1 Å². The van der Waals surface area contributed by atoms with Gasteiger partial charge >= 0.3 is 0 Å². The fourth-order valence-corrected chi connectivity index (χ4v) is 3.44. The van der Waals surface area contributed by atoms with E-state index in [0.29, 0.717) is 17.9 Å². The molecule has 1 aromatic carbocycles. The molecule has 0 N–H and O–H groups in total. The van der Waals surface area contributed by atoms with Gasteiger partial charge in [0, 0.05) is 12.6 Å². The fraction of sp³-hybridized carbons (Fsp3) is 0.333. The van der Waals surface area contributed by atoms with E-state index < -0.39 is 9.84 Å². The molecule has 0 bridgehead atoms. The van der Waals surface area contributed by atoms with Crippen LogP contribution in [0, 0.1) is 13.8 Å². The van der Waals surface area contributed by atoms with E-state index in [2.05, 4.69) is 5.10 Å². The lowest BCUT2D eigenvalue weighted by Gasteiger charge is -2.07. The quantitative estimate of drug-likeness (QED) is 0.843. The minimum atomic E-state index is -3.32. The molecule has 0 saturated heterocycles. The molecule has 0 aliphatic heterocycles. The lowest BCUT2D eigenvalue weighted by molar-refractivity contribution is 0.549. The maximum absolute atomic E-state index is 12.2. The average Bonchev–Trinajstić information content (AvgIpc) is 2.42. The smallest absolute Gasteiger partial charge is 0.266 e. The van der Waals surface area contributed by atoms with Gasteiger partial charge in [0.1, 0.15) is 0 Å². The van der Waals surface area contributed by atoms with E-state index in [0.717, 1.165) is 11.3 Å². The van der Waals surface area contributed by atoms with Gasteiger partial charge in [0.25, 0.3) is 5.56 Å². The first-order valence-electron chi connectivity index (χ1n) is 6.73. The van der Waals surface area contributed by atoms with Gasteiger partial charge in [-0.05, 0) is 44.0 Å². The lowest BCUT2D eigenvalue weighted by Crippen LogP contribution is -2.23. The van der Waals surface area contributed by atoms with Gasteiger partial charge in [-0.3, -0.25) is 4.79 Å². The van der Waals surface area contributed by atoms with Gasteiger partial charge in [-0.25, -0.2) is 13.1 Å². The summed E-state index contributed by atoms with van der Waals surface area (Å²) in [4.78, 5) is 11.9. The van der Waals surface area contributed by atoms with Crippen molar-refractivity contribution in [1.82, 2.24) is 9.78 Å². The summed E-state index contributed by atoms with van der Waals surface area (Å²) in [6, 6.07) is 9.93. The van der Waals surface area contributed by atoms with Crippen molar-refractivity contribution in [1.29, 1.82) is 0 Å². The zero-order valence-corrected chi connectivity index (χ0v) is 12.9. The van der Waals surface area contributed by atoms with Crippen LogP contribution in [0.3, 0.4) is 0 Å². The molecule has 1 heterocycles. The zero-order chi connectivity index (χ0) is 15.5. The van der Waals surface area contributed by atoms with Crippen molar-refractivity contribution in [2.45, 2.75) is 31.7 Å². The van der Waals surface area contributed by atoms with Crippen LogP contribution in [0.25, 0.3) is 0 Å². The molecular weight excluding hydrogens is 288 g/mol. The normalized spacial score (nSPS) is 11.5. The predicted octanol–water partition coefficient (Wildman–Crippen LogP) is 1.72. The Balaban J connectivity index is 2.06. The Morgan fingerprint density at radius 2 is 1.90 bits per heavy atom. The summed E-state index contributed by atoms with van der Waals surface area (Å²) >= 11 is 0. The van der Waals surface area contributed by atoms with Crippen LogP contribution in [-0.4, -0.2) is 24.0 Å². The molecule has 5 nitrogen and oxygen atoms in total. The summed E-state index contributed by atoms with van der Waals surface area (Å²) in [5.41, 5.74) is 1.43. The van der Waals surface area contributed by atoms with E-state index >= 15 is 0 Å². The first-order chi connectivity index (χ1) is 9.88. The number of hydrogen-bond acceptors (Lipinski definition) is 4. The van der Waals surface area contributed by atoms with E-state index in [1.54, 1.807) is 31.2 Å². The van der Waals surface area contributed by atoms with Crippen LogP contribution in [0.5, 0.6) is 0 Å². The van der Waals surface area contributed by atoms with Crippen molar-refractivity contribution in [2.24, 2.45) is 0 Å². The standard InChI is InChI=1S/C15H18N2O3S/c1-12-5-3-6-14(11-12)21(19,20)10-4-9-17-15(18)8-7-13(2)16-17/h3,5-8,11H,4,9-10H2,1-2H3. The molecule has 0 radical (unpaired) electrons. The van der Waals surface area contributed by atoms with Crippen LogP contribution in [0.1, 0.15) is 17.7 Å². The summed E-state index contributed by atoms with van der Waals surface area (Å²) in [5, 5.41) is 4.09. The molecule has 0 aliphatic carbocycles. The lowest BCUT2D eigenvalue weighted by atomic mass is 10.2. The minimum absolute atomic E-state index is 0.00147. The molecule has 2 aromatic rings. The molecule has 0 atom stereocenters. The monoisotopic (exact) mass is 306 g/mol. The second-order valence-corrected chi connectivity index (χ2v) is 7.13. The van der Waals surface area contributed by atoms with Crippen LogP contribution in [-0.2, 0) is 16.4 Å². The van der Waals surface area contributed by atoms with Gasteiger partial charge in [0.2, 0.25) is 0 Å². The van der Waals surface area contributed by atoms with Crippen molar-refractivity contribution >= 4 is 9.84 Å². The summed E-state index contributed by atoms with van der Waals surface area (Å²) in [6.07, 6.45) is 0.354. The van der Waals surface area contributed by atoms with Crippen LogP contribution in [0.4, 0.5) is 0 Å². The predicted molar refractivity (Wildman–Crippen MR) is 81.1 cm³/mol. The number of rotatable bonds is 5. The maximum atomic E-state index is 12.2. The summed E-state index contributed by atoms with van der Waals surface area (Å²) in [5.74, 6) is -0.00147. The van der Waals surface area contributed by atoms with Gasteiger partial charge in [-0.2, -0.15) is 5.10 Å². The first kappa shape index (κ1) is 15.4. The molecule has 1 aromatic heterocycles. The van der Waals surface area contributed by atoms with E-state index in [4.69, 9.17) is 0 Å². The molecule has 0 aliphatic rings. The van der Waals surface area contributed by atoms with Crippen molar-refractivity contribution < 1.29 is 8.42 Å². The molecule has 0 saturated carbocycles. The second-order valence-electron chi connectivity index (χ2n) is 5.03. The maximum Gasteiger partial charge on any atom is 0.266 e. The number of aromatic nitrogens is 2. The first-order valence-corrected chi connectivity index (χ1v) is 8.38. The number of aryl methyl sites for hydroxylation is 3. The average molecular weight is 306 g/mol. The largest absolute Gasteiger partial charge is 0.268 e. The van der Waals surface area contributed by atoms with Crippen molar-refractivity contribution in [3.63, 3.8) is 0 Å². The molecule has 0 amide bonds. The van der Waals surface area contributed by atoms with Crippen LogP contribution in [0.2, 0.25) is 0 Å². The molecule has 2 rings (SSSR count). The van der Waals surface area contributed by atoms with Crippen LogP contribution >= 0.6 is 0 Å². The molecule has 0 fully saturated rings. The van der Waals surface area contributed by atoms with Gasteiger partial charge < -0.3 is 0 Å². The minimum Gasteiger partial charge on any atom is -0.268 e. The highest BCUT2D eigenvalue weighted by atomic mass is 32.2. The van der Waals surface area contributed by atoms with E-state index in [1.165, 1.54) is 10.7 Å². The molecule has 112 valence electrons. The van der Waals surface area contributed by atoms with Gasteiger partial charge in [0.05, 0.1) is 16.3 Å². The highest BCUT2D eigenvalue weighted by molar-refractivity contribution is 7.91. The number of sulfone groups is 1. The fourth-order valence-electron chi connectivity index (χ4n) is 2.04. The van der Waals surface area contributed by atoms with E-state index in [9.17, 15) is 13.2 Å². The van der Waals surface area contributed by atoms with Crippen LogP contribution in [0.15, 0.2) is 46.1 Å². The number of hydrogen-bond donors (Lipinski definition) is 0. The highest BCUT2D eigenvalue weighted by Crippen LogP contribution is 2.13. The number of benzene rings is 1. The van der Waals surface area contributed by atoms with Crippen molar-refractivity contribution in [2.75, 3.05) is 5.75 Å². The highest BCUT2D eigenvalue weighted by Gasteiger charge is 2.14. The second kappa shape index (κ2) is 6.22. The molecule has 0 unspecified atom stereocenters. The van der Waals surface area contributed by atoms with E-state index in [-0.39, 0.29) is 11.3 Å². The Labute approximate surface area is 124 Å². The third kappa shape index (κ3) is 4.01. The molecule has 6 heteroatoms. The summed E-state index contributed by atoms with van der Waals surface area (Å²) in [6.45, 7) is 3.94. The van der Waals surface area contributed by atoms with Gasteiger partial charge in [0.15, 0.2) is 9.84 Å². The van der Waals surface area contributed by atoms with Crippen molar-refractivity contribution in [3.8, 4) is 0 Å². The third-order valence-electron chi connectivity index (χ3n) is 3.13. The number of nitrogens with zero attached hydrogens (tertiary/aromatic N) is 2. The van der Waals surface area contributed by atoms with Gasteiger partial charge in [-0.15, -0.1) is 0 Å². The third-order valence-corrected chi connectivity index (χ3v) is 4.93. The zero-order valence-electron chi connectivity index (χ0n) is 12.1. The summed E-state index contributed by atoms with van der Waals surface area (Å²) in [7, 11) is -3.32. The van der Waals surface area contributed by atoms with Crippen LogP contribution < -0.4 is 5.56 Å². The SMILES string of the molecule is Cc1cccc(S(=O)(=O)CCCn2nc(C)ccc2=O)c1. The topological polar surface area (TPSA) is 69.0 Å². The molecule has 21 heavy (non-hydrogen) atoms. The Bertz CT molecular complexity index is 795. The molecule has 0 spiro atoms. The van der Waals surface area contributed by atoms with Crippen molar-refractivity contribution in [3.05, 3.63) is 58.0 Å². The molecular formula is C15H18N2O3S. The summed E-state index contributed by atoms with van der Waals surface area (Å²) < 4.78 is 25.7. The Morgan fingerprint density at radius 1 is 1.14 bits per heavy atom. The Hall–Kier alpha value is -1.95. The van der Waals surface area contributed by atoms with E-state index in [1.807, 2.05) is 13.0 Å².